The lowest BCUT2D eigenvalue weighted by atomic mass is 10.0. The summed E-state index contributed by atoms with van der Waals surface area (Å²) in [5, 5.41) is 11.0. The maximum atomic E-state index is 13.6. The first kappa shape index (κ1) is 18.6. The zero-order valence-electron chi connectivity index (χ0n) is 16.2. The van der Waals surface area contributed by atoms with E-state index in [1.54, 1.807) is 16.8 Å². The molecule has 0 saturated carbocycles. The van der Waals surface area contributed by atoms with E-state index in [4.69, 9.17) is 0 Å². The van der Waals surface area contributed by atoms with E-state index in [2.05, 4.69) is 27.0 Å². The number of piperazine rings is 1. The Morgan fingerprint density at radius 1 is 0.897 bits per heavy atom. The van der Waals surface area contributed by atoms with Crippen molar-refractivity contribution >= 4 is 45.3 Å². The molecule has 29 heavy (non-hydrogen) atoms. The number of carbonyl (C=O) groups excluding carboxylic acids is 1. The number of aromatic nitrogens is 2. The van der Waals surface area contributed by atoms with Gasteiger partial charge in [-0.25, -0.2) is 9.97 Å². The molecule has 5 rings (SSSR count). The molecule has 1 aliphatic carbocycles. The lowest BCUT2D eigenvalue weighted by Gasteiger charge is -2.33. The first-order chi connectivity index (χ1) is 14.0. The number of hydrogen-bond donors (Lipinski definition) is 1. The molecule has 6 nitrogen and oxygen atoms in total. The number of hydroxylamine groups is 2. The second kappa shape index (κ2) is 7.14. The average Bonchev–Trinajstić information content (AvgIpc) is 3.40. The third-order valence-corrected chi connectivity index (χ3v) is 7.45. The third kappa shape index (κ3) is 3.03. The Morgan fingerprint density at radius 3 is 2.10 bits per heavy atom. The highest BCUT2D eigenvalue weighted by molar-refractivity contribution is 7.12. The highest BCUT2D eigenvalue weighted by atomic mass is 32.1. The Hall–Kier alpha value is -2.39. The van der Waals surface area contributed by atoms with Crippen molar-refractivity contribution in [1.82, 2.24) is 15.0 Å². The van der Waals surface area contributed by atoms with Crippen LogP contribution in [0.25, 0.3) is 11.1 Å². The van der Waals surface area contributed by atoms with Crippen molar-refractivity contribution in [3.8, 4) is 0 Å². The summed E-state index contributed by atoms with van der Waals surface area (Å²) in [4.78, 5) is 26.6. The standard InChI is InChI=1S/C21H20N4O2S2/c1-12-20(28-10-22-12)17-15-4-3-14(24-5-7-25(27)8-6-24)9-16(15)19(26)18(17)21-13(2)23-11-29-21/h3-4,9-11,27H,5-8H2,1-2H3. The summed E-state index contributed by atoms with van der Waals surface area (Å²) in [6.45, 7) is 6.60. The first-order valence-corrected chi connectivity index (χ1v) is 11.2. The Balaban J connectivity index is 1.65. The predicted molar refractivity (Wildman–Crippen MR) is 116 cm³/mol. The van der Waals surface area contributed by atoms with Crippen LogP contribution < -0.4 is 4.90 Å². The minimum absolute atomic E-state index is 0.0535. The van der Waals surface area contributed by atoms with Gasteiger partial charge >= 0.3 is 0 Å². The number of benzene rings is 1. The number of hydrogen-bond acceptors (Lipinski definition) is 8. The van der Waals surface area contributed by atoms with Crippen LogP contribution in [-0.2, 0) is 0 Å². The summed E-state index contributed by atoms with van der Waals surface area (Å²) in [5.41, 5.74) is 9.89. The molecule has 2 aromatic heterocycles. The predicted octanol–water partition coefficient (Wildman–Crippen LogP) is 3.88. The second-order valence-electron chi connectivity index (χ2n) is 7.28. The number of carbonyl (C=O) groups is 1. The van der Waals surface area contributed by atoms with E-state index >= 15 is 0 Å². The fourth-order valence-corrected chi connectivity index (χ4v) is 5.73. The monoisotopic (exact) mass is 424 g/mol. The molecule has 0 radical (unpaired) electrons. The number of ketones is 1. The van der Waals surface area contributed by atoms with Gasteiger partial charge in [-0.15, -0.1) is 22.7 Å². The maximum Gasteiger partial charge on any atom is 0.195 e. The lowest BCUT2D eigenvalue weighted by Crippen LogP contribution is -2.44. The van der Waals surface area contributed by atoms with Crippen LogP contribution in [0.15, 0.2) is 29.2 Å². The molecule has 1 aliphatic heterocycles. The molecule has 0 bridgehead atoms. The molecule has 3 heterocycles. The largest absolute Gasteiger partial charge is 0.369 e. The molecular formula is C21H20N4O2S2. The van der Waals surface area contributed by atoms with Crippen molar-refractivity contribution in [2.24, 2.45) is 0 Å². The van der Waals surface area contributed by atoms with Gasteiger partial charge in [0, 0.05) is 43.0 Å². The quantitative estimate of drug-likeness (QED) is 0.688. The summed E-state index contributed by atoms with van der Waals surface area (Å²) >= 11 is 3.08. The smallest absolute Gasteiger partial charge is 0.195 e. The van der Waals surface area contributed by atoms with Crippen molar-refractivity contribution < 1.29 is 10.0 Å². The minimum atomic E-state index is 0.0535. The summed E-state index contributed by atoms with van der Waals surface area (Å²) in [7, 11) is 0. The molecule has 3 aromatic rings. The van der Waals surface area contributed by atoms with Crippen LogP contribution in [0.1, 0.15) is 37.1 Å². The summed E-state index contributed by atoms with van der Waals surface area (Å²) in [5.74, 6) is 0.0535. The Kier molecular flexibility index (Phi) is 4.59. The van der Waals surface area contributed by atoms with Crippen molar-refractivity contribution in [1.29, 1.82) is 0 Å². The average molecular weight is 425 g/mol. The Bertz CT molecular complexity index is 1140. The molecule has 8 heteroatoms. The molecule has 0 atom stereocenters. The number of allylic oxidation sites excluding steroid dienone is 1. The summed E-state index contributed by atoms with van der Waals surface area (Å²) in [6.07, 6.45) is 0. The van der Waals surface area contributed by atoms with E-state index in [1.807, 2.05) is 25.4 Å². The van der Waals surface area contributed by atoms with E-state index in [9.17, 15) is 10.0 Å². The normalized spacial score (nSPS) is 17.3. The lowest BCUT2D eigenvalue weighted by molar-refractivity contribution is -0.0935. The van der Waals surface area contributed by atoms with Gasteiger partial charge in [0.05, 0.1) is 37.7 Å². The Labute approximate surface area is 176 Å². The van der Waals surface area contributed by atoms with Gasteiger partial charge in [-0.1, -0.05) is 6.07 Å². The molecular weight excluding hydrogens is 404 g/mol. The van der Waals surface area contributed by atoms with Crippen LogP contribution in [0.3, 0.4) is 0 Å². The van der Waals surface area contributed by atoms with Gasteiger partial charge in [0.2, 0.25) is 0 Å². The van der Waals surface area contributed by atoms with Crippen LogP contribution >= 0.6 is 22.7 Å². The third-order valence-electron chi connectivity index (χ3n) is 5.56. The summed E-state index contributed by atoms with van der Waals surface area (Å²) in [6, 6.07) is 6.15. The molecule has 0 amide bonds. The number of aryl methyl sites for hydroxylation is 2. The fourth-order valence-electron chi connectivity index (χ4n) is 4.01. The summed E-state index contributed by atoms with van der Waals surface area (Å²) < 4.78 is 0. The Morgan fingerprint density at radius 2 is 1.52 bits per heavy atom. The topological polar surface area (TPSA) is 69.6 Å². The van der Waals surface area contributed by atoms with E-state index < -0.39 is 0 Å². The number of nitrogens with zero attached hydrogens (tertiary/aromatic N) is 4. The van der Waals surface area contributed by atoms with Crippen molar-refractivity contribution in [3.63, 3.8) is 0 Å². The molecule has 0 spiro atoms. The molecule has 1 saturated heterocycles. The second-order valence-corrected chi connectivity index (χ2v) is 8.99. The molecule has 1 N–H and O–H groups in total. The molecule has 148 valence electrons. The van der Waals surface area contributed by atoms with Crippen LogP contribution in [0.2, 0.25) is 0 Å². The van der Waals surface area contributed by atoms with Crippen molar-refractivity contribution in [2.75, 3.05) is 31.1 Å². The number of fused-ring (bicyclic) bond motifs is 1. The number of anilines is 1. The van der Waals surface area contributed by atoms with Gasteiger partial charge in [-0.2, -0.15) is 5.06 Å². The van der Waals surface area contributed by atoms with E-state index in [0.29, 0.717) is 13.1 Å². The van der Waals surface area contributed by atoms with Gasteiger partial charge in [0.1, 0.15) is 0 Å². The zero-order valence-corrected chi connectivity index (χ0v) is 17.8. The maximum absolute atomic E-state index is 13.6. The van der Waals surface area contributed by atoms with Crippen LogP contribution in [-0.4, -0.2) is 52.2 Å². The van der Waals surface area contributed by atoms with Crippen molar-refractivity contribution in [3.05, 3.63) is 61.5 Å². The number of Topliss-reactive ketones (excluding diaryl/α,β-unsaturated/α-hetero) is 1. The fraction of sp³-hybridized carbons (Fsp3) is 0.286. The highest BCUT2D eigenvalue weighted by Crippen LogP contribution is 2.46. The van der Waals surface area contributed by atoms with Gasteiger partial charge in [0.15, 0.2) is 5.78 Å². The highest BCUT2D eigenvalue weighted by Gasteiger charge is 2.35. The van der Waals surface area contributed by atoms with Gasteiger partial charge in [0.25, 0.3) is 0 Å². The molecule has 1 fully saturated rings. The van der Waals surface area contributed by atoms with Gasteiger partial charge in [-0.3, -0.25) is 4.79 Å². The zero-order chi connectivity index (χ0) is 20.1. The minimum Gasteiger partial charge on any atom is -0.369 e. The van der Waals surface area contributed by atoms with E-state index in [-0.39, 0.29) is 5.78 Å². The van der Waals surface area contributed by atoms with Crippen LogP contribution in [0, 0.1) is 13.8 Å². The van der Waals surface area contributed by atoms with Crippen LogP contribution in [0.4, 0.5) is 5.69 Å². The molecule has 2 aliphatic rings. The van der Waals surface area contributed by atoms with Crippen molar-refractivity contribution in [2.45, 2.75) is 13.8 Å². The van der Waals surface area contributed by atoms with Crippen LogP contribution in [0.5, 0.6) is 0 Å². The number of rotatable bonds is 3. The first-order valence-electron chi connectivity index (χ1n) is 9.47. The molecule has 1 aromatic carbocycles. The van der Waals surface area contributed by atoms with E-state index in [1.165, 1.54) is 16.4 Å². The molecule has 0 unspecified atom stereocenters. The number of thiazole rings is 2. The van der Waals surface area contributed by atoms with Gasteiger partial charge in [-0.05, 0) is 31.5 Å². The van der Waals surface area contributed by atoms with Gasteiger partial charge < -0.3 is 10.1 Å². The van der Waals surface area contributed by atoms with E-state index in [0.717, 1.165) is 62.2 Å². The SMILES string of the molecule is Cc1ncsc1C1=C(c2scnc2C)c2ccc(N3CCN(O)CC3)cc2C1=O.